The molecule has 0 atom stereocenters. The van der Waals surface area contributed by atoms with E-state index in [0.717, 1.165) is 29.4 Å². The second-order valence-corrected chi connectivity index (χ2v) is 6.85. The molecule has 1 aliphatic rings. The highest BCUT2D eigenvalue weighted by molar-refractivity contribution is 6.06. The van der Waals surface area contributed by atoms with Gasteiger partial charge in [-0.1, -0.05) is 18.2 Å². The number of fused-ring (bicyclic) bond motifs is 1. The number of methoxy groups -OCH3 is 2. The number of phenolic OH excluding ortho intramolecular Hbond substituents is 1. The molecule has 0 unspecified atom stereocenters. The standard InChI is InChI=1S/C22H21N3O4/c1-28-14-9-20(26)17(21(10-14)29-2)12-23-25-22(27)16-11-19(13-7-8-13)24-18-6-4-3-5-15(16)18/h3-6,9-13,26H,7-8H2,1-2H3,(H,25,27). The molecule has 0 bridgehead atoms. The molecule has 1 aliphatic carbocycles. The van der Waals surface area contributed by atoms with Crippen LogP contribution in [0.2, 0.25) is 0 Å². The van der Waals surface area contributed by atoms with Gasteiger partial charge in [0.2, 0.25) is 0 Å². The fourth-order valence-corrected chi connectivity index (χ4v) is 3.19. The number of para-hydroxylation sites is 1. The first kappa shape index (κ1) is 18.7. The zero-order chi connectivity index (χ0) is 20.4. The number of pyridine rings is 1. The summed E-state index contributed by atoms with van der Waals surface area (Å²) >= 11 is 0. The van der Waals surface area contributed by atoms with Gasteiger partial charge in [-0.3, -0.25) is 9.78 Å². The number of aromatic hydroxyl groups is 1. The van der Waals surface area contributed by atoms with Gasteiger partial charge in [0.15, 0.2) is 0 Å². The summed E-state index contributed by atoms with van der Waals surface area (Å²) in [7, 11) is 2.98. The van der Waals surface area contributed by atoms with Crippen LogP contribution in [0, 0.1) is 0 Å². The summed E-state index contributed by atoms with van der Waals surface area (Å²) in [6.07, 6.45) is 3.54. The maximum absolute atomic E-state index is 12.8. The molecule has 4 rings (SSSR count). The van der Waals surface area contributed by atoms with E-state index in [1.165, 1.54) is 26.5 Å². The first-order valence-electron chi connectivity index (χ1n) is 9.28. The van der Waals surface area contributed by atoms with Gasteiger partial charge in [0, 0.05) is 29.1 Å². The van der Waals surface area contributed by atoms with Crippen LogP contribution in [0.4, 0.5) is 0 Å². The molecule has 0 radical (unpaired) electrons. The van der Waals surface area contributed by atoms with Crippen molar-refractivity contribution in [2.24, 2.45) is 5.10 Å². The predicted molar refractivity (Wildman–Crippen MR) is 110 cm³/mol. The van der Waals surface area contributed by atoms with Gasteiger partial charge in [0.25, 0.3) is 5.91 Å². The van der Waals surface area contributed by atoms with E-state index < -0.39 is 0 Å². The number of hydrogen-bond donors (Lipinski definition) is 2. The lowest BCUT2D eigenvalue weighted by atomic mass is 10.1. The second kappa shape index (κ2) is 7.79. The minimum absolute atomic E-state index is 0.0652. The van der Waals surface area contributed by atoms with E-state index >= 15 is 0 Å². The molecule has 3 aromatic rings. The number of hydrazone groups is 1. The maximum atomic E-state index is 12.8. The highest BCUT2D eigenvalue weighted by Gasteiger charge is 2.26. The number of nitrogens with zero attached hydrogens (tertiary/aromatic N) is 2. The van der Waals surface area contributed by atoms with Crippen LogP contribution < -0.4 is 14.9 Å². The summed E-state index contributed by atoms with van der Waals surface area (Å²) < 4.78 is 10.4. The molecule has 1 aromatic heterocycles. The van der Waals surface area contributed by atoms with E-state index in [2.05, 4.69) is 15.5 Å². The molecule has 0 saturated heterocycles. The number of hydrogen-bond acceptors (Lipinski definition) is 6. The monoisotopic (exact) mass is 391 g/mol. The smallest absolute Gasteiger partial charge is 0.272 e. The second-order valence-electron chi connectivity index (χ2n) is 6.85. The minimum Gasteiger partial charge on any atom is -0.507 e. The Hall–Kier alpha value is -3.61. The average Bonchev–Trinajstić information content (AvgIpc) is 3.59. The number of ether oxygens (including phenoxy) is 2. The summed E-state index contributed by atoms with van der Waals surface area (Å²) in [5, 5.41) is 15.0. The summed E-state index contributed by atoms with van der Waals surface area (Å²) in [4.78, 5) is 17.5. The molecule has 148 valence electrons. The van der Waals surface area contributed by atoms with E-state index in [-0.39, 0.29) is 11.7 Å². The summed E-state index contributed by atoms with van der Waals surface area (Å²) in [6.45, 7) is 0. The first-order valence-corrected chi connectivity index (χ1v) is 9.28. The molecule has 1 fully saturated rings. The Morgan fingerprint density at radius 2 is 2.00 bits per heavy atom. The molecule has 29 heavy (non-hydrogen) atoms. The van der Waals surface area contributed by atoms with E-state index in [1.54, 1.807) is 6.07 Å². The Balaban J connectivity index is 1.61. The quantitative estimate of drug-likeness (QED) is 0.495. The van der Waals surface area contributed by atoms with E-state index in [0.29, 0.717) is 28.5 Å². The average molecular weight is 391 g/mol. The van der Waals surface area contributed by atoms with Crippen LogP contribution in [0.25, 0.3) is 10.9 Å². The zero-order valence-electron chi connectivity index (χ0n) is 16.2. The molecule has 2 aromatic carbocycles. The van der Waals surface area contributed by atoms with Crippen LogP contribution in [0.15, 0.2) is 47.6 Å². The van der Waals surface area contributed by atoms with Crippen LogP contribution in [-0.2, 0) is 0 Å². The van der Waals surface area contributed by atoms with Gasteiger partial charge in [-0.25, -0.2) is 5.43 Å². The van der Waals surface area contributed by atoms with Crippen molar-refractivity contribution in [2.45, 2.75) is 18.8 Å². The largest absolute Gasteiger partial charge is 0.507 e. The van der Waals surface area contributed by atoms with Crippen molar-refractivity contribution < 1.29 is 19.4 Å². The van der Waals surface area contributed by atoms with Gasteiger partial charge >= 0.3 is 0 Å². The molecule has 2 N–H and O–H groups in total. The molecule has 0 spiro atoms. The lowest BCUT2D eigenvalue weighted by molar-refractivity contribution is 0.0956. The topological polar surface area (TPSA) is 93.0 Å². The minimum atomic E-state index is -0.339. The highest BCUT2D eigenvalue weighted by atomic mass is 16.5. The molecular weight excluding hydrogens is 370 g/mol. The van der Waals surface area contributed by atoms with Crippen molar-refractivity contribution in [2.75, 3.05) is 14.2 Å². The third-order valence-electron chi connectivity index (χ3n) is 4.89. The van der Waals surface area contributed by atoms with Gasteiger partial charge in [-0.15, -0.1) is 0 Å². The predicted octanol–water partition coefficient (Wildman–Crippen LogP) is 3.60. The molecule has 1 saturated carbocycles. The van der Waals surface area contributed by atoms with Crippen molar-refractivity contribution in [3.8, 4) is 17.2 Å². The zero-order valence-corrected chi connectivity index (χ0v) is 16.2. The van der Waals surface area contributed by atoms with Crippen molar-refractivity contribution in [1.82, 2.24) is 10.4 Å². The van der Waals surface area contributed by atoms with Crippen molar-refractivity contribution >= 4 is 23.0 Å². The summed E-state index contributed by atoms with van der Waals surface area (Å²) in [5.74, 6) is 0.857. The fraction of sp³-hybridized carbons (Fsp3) is 0.227. The maximum Gasteiger partial charge on any atom is 0.272 e. The van der Waals surface area contributed by atoms with Crippen molar-refractivity contribution in [3.05, 3.63) is 59.3 Å². The molecule has 7 nitrogen and oxygen atoms in total. The van der Waals surface area contributed by atoms with E-state index in [9.17, 15) is 9.90 Å². The number of carbonyl (C=O) groups is 1. The van der Waals surface area contributed by atoms with Gasteiger partial charge in [0.05, 0.1) is 37.1 Å². The van der Waals surface area contributed by atoms with Crippen LogP contribution >= 0.6 is 0 Å². The number of carbonyl (C=O) groups excluding carboxylic acids is 1. The van der Waals surface area contributed by atoms with Crippen LogP contribution in [0.3, 0.4) is 0 Å². The summed E-state index contributed by atoms with van der Waals surface area (Å²) in [6, 6.07) is 12.5. The Bertz CT molecular complexity index is 1110. The lowest BCUT2D eigenvalue weighted by Crippen LogP contribution is -2.18. The number of rotatable bonds is 6. The number of benzene rings is 2. The van der Waals surface area contributed by atoms with Gasteiger partial charge in [0.1, 0.15) is 17.2 Å². The Labute approximate surface area is 168 Å². The van der Waals surface area contributed by atoms with Crippen molar-refractivity contribution in [3.63, 3.8) is 0 Å². The molecule has 0 aliphatic heterocycles. The number of nitrogens with one attached hydrogen (secondary N) is 1. The molecule has 7 heteroatoms. The van der Waals surface area contributed by atoms with Crippen molar-refractivity contribution in [1.29, 1.82) is 0 Å². The molecular formula is C22H21N3O4. The van der Waals surface area contributed by atoms with Crippen LogP contribution in [0.5, 0.6) is 17.2 Å². The third kappa shape index (κ3) is 3.85. The van der Waals surface area contributed by atoms with Crippen LogP contribution in [-0.4, -0.2) is 36.4 Å². The fourth-order valence-electron chi connectivity index (χ4n) is 3.19. The van der Waals surface area contributed by atoms with E-state index in [1.807, 2.05) is 30.3 Å². The Morgan fingerprint density at radius 1 is 1.21 bits per heavy atom. The van der Waals surface area contributed by atoms with Gasteiger partial charge < -0.3 is 14.6 Å². The lowest BCUT2D eigenvalue weighted by Gasteiger charge is -2.10. The number of phenols is 1. The Morgan fingerprint density at radius 3 is 2.72 bits per heavy atom. The van der Waals surface area contributed by atoms with E-state index in [4.69, 9.17) is 9.47 Å². The number of amides is 1. The SMILES string of the molecule is COc1cc(O)c(C=NNC(=O)c2cc(C3CC3)nc3ccccc23)c(OC)c1. The van der Waals surface area contributed by atoms with Gasteiger partial charge in [-0.2, -0.15) is 5.10 Å². The third-order valence-corrected chi connectivity index (χ3v) is 4.89. The van der Waals surface area contributed by atoms with Gasteiger partial charge in [-0.05, 0) is 25.0 Å². The first-order chi connectivity index (χ1) is 14.1. The highest BCUT2D eigenvalue weighted by Crippen LogP contribution is 2.40. The Kier molecular flexibility index (Phi) is 5.03. The molecule has 1 heterocycles. The normalized spacial score (nSPS) is 13.6. The molecule has 1 amide bonds. The number of aromatic nitrogens is 1. The van der Waals surface area contributed by atoms with Crippen LogP contribution in [0.1, 0.15) is 40.4 Å². The summed E-state index contributed by atoms with van der Waals surface area (Å²) in [5.41, 5.74) is 5.14.